The lowest BCUT2D eigenvalue weighted by Gasteiger charge is -2.43. The lowest BCUT2D eigenvalue weighted by molar-refractivity contribution is -0.141. The fourth-order valence-corrected chi connectivity index (χ4v) is 5.08. The van der Waals surface area contributed by atoms with Crippen molar-refractivity contribution in [3.8, 4) is 5.75 Å². The molecule has 5 nitrogen and oxygen atoms in total. The third-order valence-electron chi connectivity index (χ3n) is 6.68. The zero-order chi connectivity index (χ0) is 24.3. The Hall–Kier alpha value is -2.29. The number of nitrogens with zero attached hydrogens (tertiary/aromatic N) is 1. The Morgan fingerprint density at radius 2 is 1.94 bits per heavy atom. The van der Waals surface area contributed by atoms with Gasteiger partial charge in [-0.25, -0.2) is 0 Å². The highest BCUT2D eigenvalue weighted by Crippen LogP contribution is 2.35. The number of halogens is 4. The first kappa shape index (κ1) is 24.8. The van der Waals surface area contributed by atoms with E-state index < -0.39 is 17.3 Å². The molecule has 2 aliphatic rings. The van der Waals surface area contributed by atoms with E-state index in [2.05, 4.69) is 10.2 Å². The van der Waals surface area contributed by atoms with Gasteiger partial charge in [-0.15, -0.1) is 0 Å². The number of ether oxygens (including phenoxy) is 2. The molecule has 0 bridgehead atoms. The first-order chi connectivity index (χ1) is 16.2. The molecule has 2 aromatic rings. The van der Waals surface area contributed by atoms with Crippen molar-refractivity contribution in [3.05, 3.63) is 64.7 Å². The second kappa shape index (κ2) is 10.1. The molecule has 4 rings (SSSR count). The number of likely N-dealkylation sites (tertiary alicyclic amines) is 1. The van der Waals surface area contributed by atoms with Gasteiger partial charge < -0.3 is 14.8 Å². The van der Waals surface area contributed by atoms with Crippen molar-refractivity contribution in [1.82, 2.24) is 10.2 Å². The summed E-state index contributed by atoms with van der Waals surface area (Å²) in [7, 11) is 0. The maximum absolute atomic E-state index is 13.6. The van der Waals surface area contributed by atoms with Crippen LogP contribution >= 0.6 is 11.6 Å². The monoisotopic (exact) mass is 496 g/mol. The van der Waals surface area contributed by atoms with E-state index in [9.17, 15) is 18.0 Å². The molecule has 0 aliphatic carbocycles. The summed E-state index contributed by atoms with van der Waals surface area (Å²) in [4.78, 5) is 15.7. The summed E-state index contributed by atoms with van der Waals surface area (Å²) in [5, 5.41) is 3.72. The summed E-state index contributed by atoms with van der Waals surface area (Å²) in [6.07, 6.45) is -3.05. The highest BCUT2D eigenvalue weighted by atomic mass is 35.5. The molecule has 2 fully saturated rings. The highest BCUT2D eigenvalue weighted by molar-refractivity contribution is 6.31. The van der Waals surface area contributed by atoms with Crippen molar-refractivity contribution in [2.45, 2.75) is 50.0 Å². The molecule has 2 saturated heterocycles. The Morgan fingerprint density at radius 1 is 1.21 bits per heavy atom. The number of rotatable bonds is 6. The number of hydrogen-bond donors (Lipinski definition) is 1. The number of benzene rings is 2. The molecule has 2 aliphatic heterocycles. The van der Waals surface area contributed by atoms with E-state index in [1.54, 1.807) is 6.07 Å². The number of alkyl halides is 3. The van der Waals surface area contributed by atoms with Crippen molar-refractivity contribution in [3.63, 3.8) is 0 Å². The van der Waals surface area contributed by atoms with Gasteiger partial charge >= 0.3 is 6.18 Å². The largest absolute Gasteiger partial charge is 0.489 e. The lowest BCUT2D eigenvalue weighted by atomic mass is 9.86. The third kappa shape index (κ3) is 5.34. The smallest absolute Gasteiger partial charge is 0.416 e. The van der Waals surface area contributed by atoms with E-state index in [1.807, 2.05) is 25.1 Å². The summed E-state index contributed by atoms with van der Waals surface area (Å²) in [6, 6.07) is 12.0. The van der Waals surface area contributed by atoms with Crippen molar-refractivity contribution in [2.24, 2.45) is 0 Å². The summed E-state index contributed by atoms with van der Waals surface area (Å²) < 4.78 is 50.6. The van der Waals surface area contributed by atoms with Crippen LogP contribution in [0.5, 0.6) is 5.75 Å². The molecule has 0 aromatic heterocycles. The predicted molar refractivity (Wildman–Crippen MR) is 123 cm³/mol. The van der Waals surface area contributed by atoms with Crippen LogP contribution in [0.25, 0.3) is 0 Å². The molecule has 184 valence electrons. The van der Waals surface area contributed by atoms with Gasteiger partial charge in [-0.3, -0.25) is 9.69 Å². The molecule has 34 heavy (non-hydrogen) atoms. The van der Waals surface area contributed by atoms with Crippen LogP contribution in [-0.4, -0.2) is 48.8 Å². The Labute approximate surface area is 202 Å². The molecule has 0 spiro atoms. The zero-order valence-electron chi connectivity index (χ0n) is 18.9. The maximum Gasteiger partial charge on any atom is 0.416 e. The van der Waals surface area contributed by atoms with Gasteiger partial charge in [0.1, 0.15) is 17.4 Å². The predicted octanol–water partition coefficient (Wildman–Crippen LogP) is 5.24. The molecule has 2 atom stereocenters. The van der Waals surface area contributed by atoms with Crippen LogP contribution in [0.3, 0.4) is 0 Å². The Kier molecular flexibility index (Phi) is 7.40. The van der Waals surface area contributed by atoms with Gasteiger partial charge in [0.15, 0.2) is 0 Å². The summed E-state index contributed by atoms with van der Waals surface area (Å²) in [5.74, 6) is 0.0856. The first-order valence-electron chi connectivity index (χ1n) is 11.4. The minimum Gasteiger partial charge on any atom is -0.489 e. The Bertz CT molecular complexity index is 1010. The van der Waals surface area contributed by atoms with E-state index in [0.29, 0.717) is 50.6 Å². The van der Waals surface area contributed by atoms with E-state index in [-0.39, 0.29) is 23.8 Å². The third-order valence-corrected chi connectivity index (χ3v) is 7.02. The van der Waals surface area contributed by atoms with Gasteiger partial charge in [-0.2, -0.15) is 13.2 Å². The average Bonchev–Trinajstić information content (AvgIpc) is 3.28. The van der Waals surface area contributed by atoms with Crippen LogP contribution in [-0.2, 0) is 15.7 Å². The summed E-state index contributed by atoms with van der Waals surface area (Å²) >= 11 is 6.32. The number of carbonyl (C=O) groups excluding carboxylic acids is 1. The second-order valence-corrected chi connectivity index (χ2v) is 9.27. The van der Waals surface area contributed by atoms with Crippen LogP contribution in [0.1, 0.15) is 43.4 Å². The summed E-state index contributed by atoms with van der Waals surface area (Å²) in [6.45, 7) is 3.88. The Morgan fingerprint density at radius 3 is 2.65 bits per heavy atom. The minimum atomic E-state index is -4.43. The van der Waals surface area contributed by atoms with Gasteiger partial charge in [-0.05, 0) is 56.0 Å². The standard InChI is InChI=1S/C25H28ClF3N2O3/c1-17(21-7-2-3-8-22(21)26)30-23(32)24(10-13-33-14-11-24)31-12-9-20(16-31)34-19-6-4-5-18(15-19)25(27,28)29/h2-8,15,17,20H,9-14,16H2,1H3,(H,30,32)/t17-,20?/m0/s1. The van der Waals surface area contributed by atoms with Gasteiger partial charge in [0, 0.05) is 31.3 Å². The fourth-order valence-electron chi connectivity index (χ4n) is 4.78. The number of nitrogens with one attached hydrogen (secondary N) is 1. The molecule has 0 radical (unpaired) electrons. The lowest BCUT2D eigenvalue weighted by Crippen LogP contribution is -2.61. The maximum atomic E-state index is 13.6. The number of carbonyl (C=O) groups is 1. The average molecular weight is 497 g/mol. The van der Waals surface area contributed by atoms with Gasteiger partial charge in [0.2, 0.25) is 5.91 Å². The highest BCUT2D eigenvalue weighted by Gasteiger charge is 2.48. The van der Waals surface area contributed by atoms with Crippen molar-refractivity contribution >= 4 is 17.5 Å². The Balaban J connectivity index is 1.47. The molecule has 2 heterocycles. The van der Waals surface area contributed by atoms with E-state index in [4.69, 9.17) is 21.1 Å². The van der Waals surface area contributed by atoms with Crippen molar-refractivity contribution in [1.29, 1.82) is 0 Å². The topological polar surface area (TPSA) is 50.8 Å². The van der Waals surface area contributed by atoms with Crippen LogP contribution < -0.4 is 10.1 Å². The first-order valence-corrected chi connectivity index (χ1v) is 11.8. The van der Waals surface area contributed by atoms with Gasteiger partial charge in [-0.1, -0.05) is 35.9 Å². The number of hydrogen-bond acceptors (Lipinski definition) is 4. The van der Waals surface area contributed by atoms with E-state index in [0.717, 1.165) is 17.7 Å². The quantitative estimate of drug-likeness (QED) is 0.594. The van der Waals surface area contributed by atoms with Crippen molar-refractivity contribution in [2.75, 3.05) is 26.3 Å². The van der Waals surface area contributed by atoms with Gasteiger partial charge in [0.25, 0.3) is 0 Å². The molecular weight excluding hydrogens is 469 g/mol. The molecule has 1 amide bonds. The van der Waals surface area contributed by atoms with Crippen LogP contribution in [0.4, 0.5) is 13.2 Å². The molecule has 9 heteroatoms. The van der Waals surface area contributed by atoms with Crippen LogP contribution in [0.15, 0.2) is 48.5 Å². The SMILES string of the molecule is C[C@H](NC(=O)C1(N2CCC(Oc3cccc(C(F)(F)F)c3)C2)CCOCC1)c1ccccc1Cl. The summed E-state index contributed by atoms with van der Waals surface area (Å²) in [5.41, 5.74) is -0.666. The molecule has 1 unspecified atom stereocenters. The second-order valence-electron chi connectivity index (χ2n) is 8.86. The van der Waals surface area contributed by atoms with E-state index in [1.165, 1.54) is 12.1 Å². The van der Waals surface area contributed by atoms with Gasteiger partial charge in [0.05, 0.1) is 11.6 Å². The van der Waals surface area contributed by atoms with Crippen molar-refractivity contribution < 1.29 is 27.4 Å². The van der Waals surface area contributed by atoms with E-state index >= 15 is 0 Å². The molecule has 1 N–H and O–H groups in total. The fraction of sp³-hybridized carbons (Fsp3) is 0.480. The molecule has 0 saturated carbocycles. The minimum absolute atomic E-state index is 0.0945. The molecule has 2 aromatic carbocycles. The number of amides is 1. The molecular formula is C25H28ClF3N2O3. The van der Waals surface area contributed by atoms with Crippen LogP contribution in [0, 0.1) is 0 Å². The van der Waals surface area contributed by atoms with Crippen LogP contribution in [0.2, 0.25) is 5.02 Å². The zero-order valence-corrected chi connectivity index (χ0v) is 19.7. The normalized spacial score (nSPS) is 21.7.